The maximum atomic E-state index is 12.8. The molecule has 0 radical (unpaired) electrons. The molecule has 4 aliphatic carbocycles. The zero-order valence-corrected chi connectivity index (χ0v) is 17.7. The lowest BCUT2D eigenvalue weighted by molar-refractivity contribution is -0.0689. The van der Waals surface area contributed by atoms with Crippen LogP contribution in [-0.4, -0.2) is 51.0 Å². The number of morpholine rings is 1. The van der Waals surface area contributed by atoms with Crippen LogP contribution in [0.25, 0.3) is 0 Å². The number of amides is 1. The van der Waals surface area contributed by atoms with Gasteiger partial charge in [0.2, 0.25) is 5.09 Å². The number of nitrogens with one attached hydrogen (secondary N) is 1. The van der Waals surface area contributed by atoms with Crippen molar-refractivity contribution in [3.05, 3.63) is 17.9 Å². The molecule has 29 heavy (non-hydrogen) atoms. The van der Waals surface area contributed by atoms with Crippen molar-refractivity contribution in [2.45, 2.75) is 56.6 Å². The van der Waals surface area contributed by atoms with Crippen molar-refractivity contribution < 1.29 is 22.4 Å². The van der Waals surface area contributed by atoms with Gasteiger partial charge in [-0.1, -0.05) is 0 Å². The molecule has 1 atom stereocenters. The molecule has 1 N–H and O–H groups in total. The van der Waals surface area contributed by atoms with Crippen molar-refractivity contribution in [1.29, 1.82) is 0 Å². The Morgan fingerprint density at radius 3 is 2.28 bits per heavy atom. The molecule has 160 valence electrons. The lowest BCUT2D eigenvalue weighted by atomic mass is 9.48. The molecule has 0 spiro atoms. The SMILES string of the molecule is CC(NC(=O)c1ccc(S(=O)(=O)N2CCOCC2)o1)C12CC3CC(CC(C3)C1)C2. The first kappa shape index (κ1) is 19.6. The molecule has 0 aromatic carbocycles. The van der Waals surface area contributed by atoms with Gasteiger partial charge in [-0.2, -0.15) is 4.31 Å². The zero-order valence-electron chi connectivity index (χ0n) is 16.9. The van der Waals surface area contributed by atoms with Crippen LogP contribution in [-0.2, 0) is 14.8 Å². The van der Waals surface area contributed by atoms with Gasteiger partial charge in [0, 0.05) is 19.1 Å². The van der Waals surface area contributed by atoms with Crippen LogP contribution in [0.3, 0.4) is 0 Å². The fourth-order valence-electron chi connectivity index (χ4n) is 6.62. The van der Waals surface area contributed by atoms with E-state index in [0.717, 1.165) is 17.8 Å². The highest BCUT2D eigenvalue weighted by molar-refractivity contribution is 7.89. The summed E-state index contributed by atoms with van der Waals surface area (Å²) in [6.45, 7) is 3.45. The third-order valence-corrected chi connectivity index (χ3v) is 9.49. The maximum Gasteiger partial charge on any atom is 0.287 e. The fourth-order valence-corrected chi connectivity index (χ4v) is 7.94. The van der Waals surface area contributed by atoms with Crippen molar-refractivity contribution in [3.8, 4) is 0 Å². The molecular formula is C21H30N2O5S. The number of nitrogens with zero attached hydrogens (tertiary/aromatic N) is 1. The third-order valence-electron chi connectivity index (χ3n) is 7.72. The lowest BCUT2D eigenvalue weighted by Gasteiger charge is -2.59. The van der Waals surface area contributed by atoms with Crippen LogP contribution in [0.5, 0.6) is 0 Å². The topological polar surface area (TPSA) is 88.9 Å². The molecule has 2 heterocycles. The fraction of sp³-hybridized carbons (Fsp3) is 0.762. The van der Waals surface area contributed by atoms with Gasteiger partial charge in [0.1, 0.15) is 0 Å². The molecule has 1 unspecified atom stereocenters. The Labute approximate surface area is 172 Å². The summed E-state index contributed by atoms with van der Waals surface area (Å²) < 4.78 is 37.5. The van der Waals surface area contributed by atoms with Crippen LogP contribution in [0.2, 0.25) is 0 Å². The van der Waals surface area contributed by atoms with Gasteiger partial charge in [-0.25, -0.2) is 8.42 Å². The summed E-state index contributed by atoms with van der Waals surface area (Å²) >= 11 is 0. The van der Waals surface area contributed by atoms with Crippen molar-refractivity contribution in [1.82, 2.24) is 9.62 Å². The van der Waals surface area contributed by atoms with Gasteiger partial charge < -0.3 is 14.5 Å². The average molecular weight is 423 g/mol. The third kappa shape index (κ3) is 3.43. The van der Waals surface area contributed by atoms with Gasteiger partial charge >= 0.3 is 0 Å². The van der Waals surface area contributed by atoms with Crippen LogP contribution in [0.1, 0.15) is 56.0 Å². The normalized spacial score (nSPS) is 35.6. The molecule has 1 saturated heterocycles. The Kier molecular flexibility index (Phi) is 4.79. The van der Waals surface area contributed by atoms with E-state index in [2.05, 4.69) is 12.2 Å². The molecule has 1 aromatic rings. The van der Waals surface area contributed by atoms with Crippen molar-refractivity contribution in [3.63, 3.8) is 0 Å². The van der Waals surface area contributed by atoms with Crippen LogP contribution in [0.4, 0.5) is 0 Å². The maximum absolute atomic E-state index is 12.8. The Balaban J connectivity index is 1.28. The van der Waals surface area contributed by atoms with Gasteiger partial charge in [0.25, 0.3) is 15.9 Å². The van der Waals surface area contributed by atoms with Gasteiger partial charge in [0.15, 0.2) is 5.76 Å². The monoisotopic (exact) mass is 422 g/mol. The molecule has 4 saturated carbocycles. The van der Waals surface area contributed by atoms with Crippen molar-refractivity contribution in [2.24, 2.45) is 23.2 Å². The van der Waals surface area contributed by atoms with E-state index in [-0.39, 0.29) is 28.2 Å². The lowest BCUT2D eigenvalue weighted by Crippen LogP contribution is -2.55. The number of carbonyl (C=O) groups excluding carboxylic acids is 1. The molecule has 1 aliphatic heterocycles. The first-order valence-corrected chi connectivity index (χ1v) is 12.3. The number of rotatable bonds is 5. The smallest absolute Gasteiger partial charge is 0.287 e. The minimum absolute atomic E-state index is 0.0628. The summed E-state index contributed by atoms with van der Waals surface area (Å²) in [6.07, 6.45) is 7.70. The molecular weight excluding hydrogens is 392 g/mol. The summed E-state index contributed by atoms with van der Waals surface area (Å²) in [4.78, 5) is 12.8. The summed E-state index contributed by atoms with van der Waals surface area (Å²) in [6, 6.07) is 2.91. The predicted molar refractivity (Wildman–Crippen MR) is 106 cm³/mol. The van der Waals surface area contributed by atoms with E-state index in [1.165, 1.54) is 55.0 Å². The molecule has 4 bridgehead atoms. The summed E-state index contributed by atoms with van der Waals surface area (Å²) in [5, 5.41) is 2.96. The van der Waals surface area contributed by atoms with E-state index in [4.69, 9.17) is 9.15 Å². The van der Waals surface area contributed by atoms with E-state index < -0.39 is 10.0 Å². The first-order chi connectivity index (χ1) is 13.9. The molecule has 1 amide bonds. The molecule has 5 aliphatic rings. The second-order valence-electron chi connectivity index (χ2n) is 9.61. The molecule has 6 rings (SSSR count). The number of carbonyl (C=O) groups is 1. The molecule has 1 aromatic heterocycles. The van der Waals surface area contributed by atoms with Crippen LogP contribution >= 0.6 is 0 Å². The van der Waals surface area contributed by atoms with E-state index in [1.54, 1.807) is 0 Å². The molecule has 5 fully saturated rings. The van der Waals surface area contributed by atoms with E-state index in [0.29, 0.717) is 26.3 Å². The highest BCUT2D eigenvalue weighted by atomic mass is 32.2. The van der Waals surface area contributed by atoms with Crippen LogP contribution in [0, 0.1) is 23.2 Å². The summed E-state index contributed by atoms with van der Waals surface area (Å²) in [5.41, 5.74) is 0.194. The minimum atomic E-state index is -3.73. The summed E-state index contributed by atoms with van der Waals surface area (Å²) in [5.74, 6) is 2.18. The van der Waals surface area contributed by atoms with E-state index in [1.807, 2.05) is 0 Å². The van der Waals surface area contributed by atoms with Gasteiger partial charge in [0.05, 0.1) is 13.2 Å². The number of sulfonamides is 1. The largest absolute Gasteiger partial charge is 0.438 e. The first-order valence-electron chi connectivity index (χ1n) is 10.8. The highest BCUT2D eigenvalue weighted by Gasteiger charge is 2.53. The zero-order chi connectivity index (χ0) is 20.2. The van der Waals surface area contributed by atoms with Gasteiger partial charge in [-0.3, -0.25) is 4.79 Å². The van der Waals surface area contributed by atoms with Crippen LogP contribution < -0.4 is 5.32 Å². The highest BCUT2D eigenvalue weighted by Crippen LogP contribution is 2.61. The van der Waals surface area contributed by atoms with Crippen molar-refractivity contribution >= 4 is 15.9 Å². The number of hydrogen-bond donors (Lipinski definition) is 1. The van der Waals surface area contributed by atoms with Gasteiger partial charge in [-0.15, -0.1) is 0 Å². The molecule has 8 heteroatoms. The van der Waals surface area contributed by atoms with E-state index in [9.17, 15) is 13.2 Å². The second kappa shape index (κ2) is 7.10. The number of hydrogen-bond acceptors (Lipinski definition) is 5. The van der Waals surface area contributed by atoms with Gasteiger partial charge in [-0.05, 0) is 80.8 Å². The van der Waals surface area contributed by atoms with E-state index >= 15 is 0 Å². The Morgan fingerprint density at radius 1 is 1.10 bits per heavy atom. The predicted octanol–water partition coefficient (Wildman–Crippen LogP) is 2.64. The average Bonchev–Trinajstić information content (AvgIpc) is 3.19. The number of ether oxygens (including phenoxy) is 1. The van der Waals surface area contributed by atoms with Crippen molar-refractivity contribution in [2.75, 3.05) is 26.3 Å². The second-order valence-corrected chi connectivity index (χ2v) is 11.5. The quantitative estimate of drug-likeness (QED) is 0.788. The van der Waals surface area contributed by atoms with Crippen LogP contribution in [0.15, 0.2) is 21.6 Å². The standard InChI is InChI=1S/C21H30N2O5S/c1-14(21-11-15-8-16(12-21)10-17(9-15)13-21)22-20(24)18-2-3-19(28-18)29(25,26)23-4-6-27-7-5-23/h2-3,14-17H,4-13H2,1H3,(H,22,24). The minimum Gasteiger partial charge on any atom is -0.438 e. The number of furan rings is 1. The molecule has 7 nitrogen and oxygen atoms in total. The Hall–Kier alpha value is -1.38. The summed E-state index contributed by atoms with van der Waals surface area (Å²) in [7, 11) is -3.73. The Morgan fingerprint density at radius 2 is 1.69 bits per heavy atom. The Bertz CT molecular complexity index is 851.